The fourth-order valence-corrected chi connectivity index (χ4v) is 11.7. The van der Waals surface area contributed by atoms with Crippen LogP contribution >= 0.6 is 0 Å². The lowest BCUT2D eigenvalue weighted by atomic mass is 9.80. The highest BCUT2D eigenvalue weighted by Crippen LogP contribution is 2.53. The van der Waals surface area contributed by atoms with E-state index in [1.165, 1.54) is 133 Å². The maximum absolute atomic E-state index is 2.46. The zero-order valence-electron chi connectivity index (χ0n) is 39.2. The van der Waals surface area contributed by atoms with Gasteiger partial charge in [0.25, 0.3) is 0 Å². The highest BCUT2D eigenvalue weighted by Gasteiger charge is 2.38. The summed E-state index contributed by atoms with van der Waals surface area (Å²) in [7, 11) is 0. The molecule has 11 aromatic rings. The second-order valence-electron chi connectivity index (χ2n) is 20.2. The number of fused-ring (bicyclic) bond motifs is 10. The predicted molar refractivity (Wildman–Crippen MR) is 290 cm³/mol. The van der Waals surface area contributed by atoms with Crippen molar-refractivity contribution in [1.29, 1.82) is 0 Å². The number of nitrogens with zero attached hydrogens (tertiary/aromatic N) is 1. The molecule has 0 aliphatic heterocycles. The fraction of sp³-hybridized carbons (Fsp3) is 0.104. The molecule has 68 heavy (non-hydrogen) atoms. The first-order chi connectivity index (χ1) is 33.1. The summed E-state index contributed by atoms with van der Waals surface area (Å²) in [5.41, 5.74) is 25.7. The van der Waals surface area contributed by atoms with Crippen molar-refractivity contribution in [2.24, 2.45) is 0 Å². The zero-order valence-corrected chi connectivity index (χ0v) is 39.2. The van der Waals surface area contributed by atoms with Gasteiger partial charge in [0, 0.05) is 27.0 Å². The van der Waals surface area contributed by atoms with Gasteiger partial charge < -0.3 is 4.57 Å². The Morgan fingerprint density at radius 3 is 1.35 bits per heavy atom. The van der Waals surface area contributed by atoms with Crippen LogP contribution in [-0.2, 0) is 10.8 Å². The minimum atomic E-state index is -0.121. The standard InChI is InChI=1S/C67H51N/c1-42-17-32-53-54-34-29-50(40-61(54)66(2,3)59(53)37-42)51-30-35-56-55-33-28-49(39-60(55)67(4,5)62(56)41-51)46-26-22-44(23-27-46)19-18-43-20-24-45(25-21-43)48-31-36-65-58(38-48)57-14-8-9-15-64(57)68(65)63-16-10-12-47-11-6-7-13-52(47)63/h6-41H,1-5H3. The van der Waals surface area contributed by atoms with Gasteiger partial charge in [0.05, 0.1) is 16.7 Å². The average Bonchev–Trinajstić information content (AvgIpc) is 3.91. The summed E-state index contributed by atoms with van der Waals surface area (Å²) < 4.78 is 2.42. The minimum Gasteiger partial charge on any atom is -0.309 e. The zero-order chi connectivity index (χ0) is 45.9. The summed E-state index contributed by atoms with van der Waals surface area (Å²) in [6, 6.07) is 77.2. The van der Waals surface area contributed by atoms with E-state index < -0.39 is 0 Å². The largest absolute Gasteiger partial charge is 0.309 e. The topological polar surface area (TPSA) is 4.93 Å². The predicted octanol–water partition coefficient (Wildman–Crippen LogP) is 18.0. The summed E-state index contributed by atoms with van der Waals surface area (Å²) in [6.07, 6.45) is 4.43. The van der Waals surface area contributed by atoms with Crippen LogP contribution in [0.4, 0.5) is 0 Å². The molecule has 324 valence electrons. The van der Waals surface area contributed by atoms with Crippen molar-refractivity contribution in [3.63, 3.8) is 0 Å². The summed E-state index contributed by atoms with van der Waals surface area (Å²) in [6.45, 7) is 11.7. The highest BCUT2D eigenvalue weighted by molar-refractivity contribution is 6.11. The molecule has 0 spiro atoms. The Hall–Kier alpha value is -8.00. The van der Waals surface area contributed by atoms with Gasteiger partial charge in [-0.25, -0.2) is 0 Å². The van der Waals surface area contributed by atoms with Crippen molar-refractivity contribution < 1.29 is 0 Å². The molecule has 0 N–H and O–H groups in total. The van der Waals surface area contributed by atoms with Crippen LogP contribution in [0.3, 0.4) is 0 Å². The van der Waals surface area contributed by atoms with E-state index in [4.69, 9.17) is 0 Å². The Labute approximate surface area is 399 Å². The maximum atomic E-state index is 2.46. The van der Waals surface area contributed by atoms with Crippen LogP contribution in [-0.4, -0.2) is 4.57 Å². The Kier molecular flexibility index (Phi) is 8.89. The first-order valence-electron chi connectivity index (χ1n) is 24.1. The van der Waals surface area contributed by atoms with Crippen LogP contribution in [0, 0.1) is 6.92 Å². The van der Waals surface area contributed by atoms with E-state index in [2.05, 4.69) is 258 Å². The van der Waals surface area contributed by atoms with Gasteiger partial charge in [-0.05, 0) is 144 Å². The number of hydrogen-bond acceptors (Lipinski definition) is 0. The van der Waals surface area contributed by atoms with Crippen molar-refractivity contribution in [3.05, 3.63) is 245 Å². The van der Waals surface area contributed by atoms with E-state index in [-0.39, 0.29) is 10.8 Å². The summed E-state index contributed by atoms with van der Waals surface area (Å²) in [5.74, 6) is 0. The van der Waals surface area contributed by atoms with Gasteiger partial charge in [-0.3, -0.25) is 0 Å². The highest BCUT2D eigenvalue weighted by atomic mass is 15.0. The molecule has 2 aliphatic carbocycles. The van der Waals surface area contributed by atoms with E-state index in [0.717, 1.165) is 0 Å². The van der Waals surface area contributed by atoms with Gasteiger partial charge in [-0.15, -0.1) is 0 Å². The second kappa shape index (κ2) is 15.0. The molecule has 1 heteroatoms. The number of aromatic nitrogens is 1. The number of rotatable bonds is 6. The number of para-hydroxylation sites is 1. The third-order valence-corrected chi connectivity index (χ3v) is 15.5. The molecule has 1 aromatic heterocycles. The van der Waals surface area contributed by atoms with Gasteiger partial charge in [-0.1, -0.05) is 209 Å². The van der Waals surface area contributed by atoms with Crippen LogP contribution in [0.2, 0.25) is 0 Å². The van der Waals surface area contributed by atoms with Crippen LogP contribution in [0.5, 0.6) is 0 Å². The molecule has 1 nitrogen and oxygen atoms in total. The lowest BCUT2D eigenvalue weighted by Crippen LogP contribution is -2.15. The fourth-order valence-electron chi connectivity index (χ4n) is 11.7. The normalized spacial score (nSPS) is 14.1. The summed E-state index contributed by atoms with van der Waals surface area (Å²) in [5, 5.41) is 5.03. The van der Waals surface area contributed by atoms with E-state index in [0.29, 0.717) is 0 Å². The number of aryl methyl sites for hydroxylation is 1. The molecule has 0 saturated carbocycles. The SMILES string of the molecule is Cc1ccc2c(c1)C(C)(C)c1cc(-c3ccc4c(c3)C(C)(C)c3cc(-c5ccc(C=Cc6ccc(-c7ccc8c(c7)c7ccccc7n8-c7cccc8ccccc78)cc6)cc5)ccc3-4)ccc1-2. The van der Waals surface area contributed by atoms with E-state index in [1.54, 1.807) is 0 Å². The quantitative estimate of drug-likeness (QED) is 0.147. The van der Waals surface area contributed by atoms with Gasteiger partial charge in [-0.2, -0.15) is 0 Å². The Balaban J connectivity index is 0.731. The van der Waals surface area contributed by atoms with Gasteiger partial charge >= 0.3 is 0 Å². The molecule has 10 aromatic carbocycles. The molecule has 13 rings (SSSR count). The van der Waals surface area contributed by atoms with Crippen molar-refractivity contribution in [2.75, 3.05) is 0 Å². The Morgan fingerprint density at radius 1 is 0.338 bits per heavy atom. The van der Waals surface area contributed by atoms with Gasteiger partial charge in [0.1, 0.15) is 0 Å². The average molecular weight is 870 g/mol. The number of benzene rings is 10. The lowest BCUT2D eigenvalue weighted by Gasteiger charge is -2.23. The first-order valence-corrected chi connectivity index (χ1v) is 24.1. The minimum absolute atomic E-state index is 0.0280. The third kappa shape index (κ3) is 6.22. The molecule has 1 heterocycles. The van der Waals surface area contributed by atoms with E-state index in [9.17, 15) is 0 Å². The van der Waals surface area contributed by atoms with Gasteiger partial charge in [0.15, 0.2) is 0 Å². The lowest BCUT2D eigenvalue weighted by molar-refractivity contribution is 0.659. The van der Waals surface area contributed by atoms with Crippen LogP contribution in [0.25, 0.3) is 106 Å². The molecular weight excluding hydrogens is 819 g/mol. The summed E-state index contributed by atoms with van der Waals surface area (Å²) in [4.78, 5) is 0. The maximum Gasteiger partial charge on any atom is 0.0541 e. The molecule has 0 amide bonds. The molecule has 0 atom stereocenters. The first kappa shape index (κ1) is 40.3. The molecule has 0 saturated heterocycles. The van der Waals surface area contributed by atoms with E-state index >= 15 is 0 Å². The van der Waals surface area contributed by atoms with Crippen molar-refractivity contribution >= 4 is 44.7 Å². The monoisotopic (exact) mass is 869 g/mol. The molecule has 0 fully saturated rings. The number of hydrogen-bond donors (Lipinski definition) is 0. The smallest absolute Gasteiger partial charge is 0.0541 e. The molecule has 0 radical (unpaired) electrons. The second-order valence-corrected chi connectivity index (χ2v) is 20.2. The summed E-state index contributed by atoms with van der Waals surface area (Å²) >= 11 is 0. The third-order valence-electron chi connectivity index (χ3n) is 15.5. The van der Waals surface area contributed by atoms with Crippen molar-refractivity contribution in [1.82, 2.24) is 4.57 Å². The van der Waals surface area contributed by atoms with Crippen molar-refractivity contribution in [2.45, 2.75) is 45.4 Å². The van der Waals surface area contributed by atoms with Crippen molar-refractivity contribution in [3.8, 4) is 61.3 Å². The van der Waals surface area contributed by atoms with Crippen LogP contribution < -0.4 is 0 Å². The van der Waals surface area contributed by atoms with Crippen LogP contribution in [0.1, 0.15) is 66.6 Å². The Morgan fingerprint density at radius 2 is 0.765 bits per heavy atom. The Bertz CT molecular complexity index is 3880. The molecule has 0 unspecified atom stereocenters. The molecule has 2 aliphatic rings. The molecular formula is C67H51N. The van der Waals surface area contributed by atoms with Crippen LogP contribution in [0.15, 0.2) is 206 Å². The van der Waals surface area contributed by atoms with Gasteiger partial charge in [0.2, 0.25) is 0 Å². The molecule has 0 bridgehead atoms. The van der Waals surface area contributed by atoms with E-state index in [1.807, 2.05) is 0 Å².